The van der Waals surface area contributed by atoms with Gasteiger partial charge in [0.05, 0.1) is 5.02 Å². The molecule has 2 aromatic carbocycles. The molecule has 0 saturated heterocycles. The third-order valence-electron chi connectivity index (χ3n) is 3.05. The molecule has 1 nitrogen and oxygen atoms in total. The van der Waals surface area contributed by atoms with Gasteiger partial charge in [-0.3, -0.25) is 0 Å². The summed E-state index contributed by atoms with van der Waals surface area (Å²) in [4.78, 5) is 0. The molecule has 1 atom stereocenters. The Morgan fingerprint density at radius 3 is 2.47 bits per heavy atom. The minimum absolute atomic E-state index is 0.0364. The van der Waals surface area contributed by atoms with E-state index in [1.54, 1.807) is 6.07 Å². The number of nitrogens with one attached hydrogen (secondary N) is 1. The molecule has 0 aliphatic carbocycles. The lowest BCUT2D eigenvalue weighted by Gasteiger charge is -2.18. The Kier molecular flexibility index (Phi) is 4.81. The van der Waals surface area contributed by atoms with Gasteiger partial charge in [0, 0.05) is 11.1 Å². The zero-order chi connectivity index (χ0) is 13.8. The van der Waals surface area contributed by atoms with E-state index in [1.165, 1.54) is 6.07 Å². The van der Waals surface area contributed by atoms with Crippen LogP contribution in [-0.2, 0) is 6.42 Å². The van der Waals surface area contributed by atoms with Crippen LogP contribution < -0.4 is 5.32 Å². The molecule has 0 aliphatic rings. The summed E-state index contributed by atoms with van der Waals surface area (Å²) in [5, 5.41) is 4.05. The first-order valence-electron chi connectivity index (χ1n) is 5.97. The molecule has 1 unspecified atom stereocenters. The molecule has 0 radical (unpaired) electrons. The minimum Gasteiger partial charge on any atom is -0.313 e. The maximum absolute atomic E-state index is 13.4. The lowest BCUT2D eigenvalue weighted by atomic mass is 9.99. The van der Waals surface area contributed by atoms with Crippen LogP contribution >= 0.6 is 23.2 Å². The first-order valence-corrected chi connectivity index (χ1v) is 6.73. The monoisotopic (exact) mass is 297 g/mol. The molecule has 4 heteroatoms. The van der Waals surface area contributed by atoms with Gasteiger partial charge in [-0.05, 0) is 42.8 Å². The molecule has 0 bridgehead atoms. The van der Waals surface area contributed by atoms with Crippen molar-refractivity contribution in [1.29, 1.82) is 0 Å². The van der Waals surface area contributed by atoms with Crippen molar-refractivity contribution in [3.63, 3.8) is 0 Å². The van der Waals surface area contributed by atoms with Crippen LogP contribution in [0, 0.1) is 5.82 Å². The highest BCUT2D eigenvalue weighted by Gasteiger charge is 2.13. The van der Waals surface area contributed by atoms with Gasteiger partial charge in [-0.15, -0.1) is 0 Å². The summed E-state index contributed by atoms with van der Waals surface area (Å²) in [6.45, 7) is 0. The van der Waals surface area contributed by atoms with Gasteiger partial charge < -0.3 is 5.32 Å². The highest BCUT2D eigenvalue weighted by Crippen LogP contribution is 2.26. The summed E-state index contributed by atoms with van der Waals surface area (Å²) in [5.74, 6) is -0.395. The summed E-state index contributed by atoms with van der Waals surface area (Å²) < 4.78 is 13.4. The van der Waals surface area contributed by atoms with Gasteiger partial charge in [0.25, 0.3) is 0 Å². The second-order valence-electron chi connectivity index (χ2n) is 4.32. The van der Waals surface area contributed by atoms with Crippen molar-refractivity contribution in [2.45, 2.75) is 12.5 Å². The van der Waals surface area contributed by atoms with Crippen LogP contribution in [0.15, 0.2) is 42.5 Å². The number of halogens is 3. The molecule has 0 aliphatic heterocycles. The fourth-order valence-electron chi connectivity index (χ4n) is 2.03. The Labute approximate surface area is 122 Å². The molecule has 0 spiro atoms. The van der Waals surface area contributed by atoms with E-state index in [2.05, 4.69) is 5.32 Å². The lowest BCUT2D eigenvalue weighted by Crippen LogP contribution is -2.19. The summed E-state index contributed by atoms with van der Waals surface area (Å²) in [6.07, 6.45) is 0.647. The predicted molar refractivity (Wildman–Crippen MR) is 78.4 cm³/mol. The number of hydrogen-bond donors (Lipinski definition) is 1. The fraction of sp³-hybridized carbons (Fsp3) is 0.200. The molecule has 2 aromatic rings. The van der Waals surface area contributed by atoms with Gasteiger partial charge in [0.2, 0.25) is 0 Å². The summed E-state index contributed by atoms with van der Waals surface area (Å²) in [7, 11) is 1.86. The molecular weight excluding hydrogens is 284 g/mol. The zero-order valence-corrected chi connectivity index (χ0v) is 12.0. The molecule has 0 aromatic heterocycles. The first kappa shape index (κ1) is 14.3. The number of rotatable bonds is 4. The Morgan fingerprint density at radius 2 is 1.84 bits per heavy atom. The van der Waals surface area contributed by atoms with Crippen LogP contribution in [0.2, 0.25) is 10.0 Å². The van der Waals surface area contributed by atoms with Crippen LogP contribution in [-0.4, -0.2) is 7.05 Å². The van der Waals surface area contributed by atoms with Crippen molar-refractivity contribution in [2.24, 2.45) is 0 Å². The summed E-state index contributed by atoms with van der Waals surface area (Å²) >= 11 is 11.9. The van der Waals surface area contributed by atoms with E-state index >= 15 is 0 Å². The average Bonchev–Trinajstić information content (AvgIpc) is 2.41. The van der Waals surface area contributed by atoms with Crippen molar-refractivity contribution in [3.8, 4) is 0 Å². The van der Waals surface area contributed by atoms with Crippen molar-refractivity contribution in [2.75, 3.05) is 7.05 Å². The Morgan fingerprint density at radius 1 is 1.11 bits per heavy atom. The molecular formula is C15H14Cl2FN. The quantitative estimate of drug-likeness (QED) is 0.867. The van der Waals surface area contributed by atoms with Crippen molar-refractivity contribution < 1.29 is 4.39 Å². The second-order valence-corrected chi connectivity index (χ2v) is 5.13. The maximum Gasteiger partial charge on any atom is 0.142 e. The van der Waals surface area contributed by atoms with Gasteiger partial charge in [0.15, 0.2) is 0 Å². The third-order valence-corrected chi connectivity index (χ3v) is 3.70. The lowest BCUT2D eigenvalue weighted by molar-refractivity contribution is 0.584. The van der Waals surface area contributed by atoms with Crippen LogP contribution in [0.5, 0.6) is 0 Å². The average molecular weight is 298 g/mol. The van der Waals surface area contributed by atoms with Crippen LogP contribution in [0.1, 0.15) is 17.2 Å². The second kappa shape index (κ2) is 6.38. The first-order chi connectivity index (χ1) is 9.11. The topological polar surface area (TPSA) is 12.0 Å². The van der Waals surface area contributed by atoms with Crippen molar-refractivity contribution >= 4 is 23.2 Å². The predicted octanol–water partition coefficient (Wildman–Crippen LogP) is 4.64. The van der Waals surface area contributed by atoms with E-state index in [-0.39, 0.29) is 11.1 Å². The summed E-state index contributed by atoms with van der Waals surface area (Å²) in [6, 6.07) is 12.5. The van der Waals surface area contributed by atoms with E-state index in [4.69, 9.17) is 23.2 Å². The normalized spacial score (nSPS) is 12.4. The Balaban J connectivity index is 2.24. The molecule has 2 rings (SSSR count). The SMILES string of the molecule is CNC(Cc1ccc(Cl)c(F)c1)c1ccccc1Cl. The number of likely N-dealkylation sites (N-methyl/N-ethyl adjacent to an activating group) is 1. The highest BCUT2D eigenvalue weighted by atomic mass is 35.5. The molecule has 100 valence electrons. The Hall–Kier alpha value is -1.09. The smallest absolute Gasteiger partial charge is 0.142 e. The van der Waals surface area contributed by atoms with Crippen LogP contribution in [0.4, 0.5) is 4.39 Å². The van der Waals surface area contributed by atoms with Crippen LogP contribution in [0.25, 0.3) is 0 Å². The zero-order valence-electron chi connectivity index (χ0n) is 10.5. The van der Waals surface area contributed by atoms with Gasteiger partial charge in [0.1, 0.15) is 5.82 Å². The van der Waals surface area contributed by atoms with Gasteiger partial charge in [-0.1, -0.05) is 47.5 Å². The van der Waals surface area contributed by atoms with Gasteiger partial charge in [-0.25, -0.2) is 4.39 Å². The van der Waals surface area contributed by atoms with E-state index in [9.17, 15) is 4.39 Å². The molecule has 1 N–H and O–H groups in total. The molecule has 0 fully saturated rings. The minimum atomic E-state index is -0.395. The fourth-order valence-corrected chi connectivity index (χ4v) is 2.41. The molecule has 0 saturated carbocycles. The maximum atomic E-state index is 13.4. The Bertz CT molecular complexity index is 572. The third kappa shape index (κ3) is 3.47. The van der Waals surface area contributed by atoms with E-state index < -0.39 is 5.82 Å². The largest absolute Gasteiger partial charge is 0.313 e. The summed E-state index contributed by atoms with van der Waals surface area (Å²) in [5.41, 5.74) is 1.88. The number of benzene rings is 2. The standard InChI is InChI=1S/C15H14Cl2FN/c1-19-15(11-4-2-3-5-12(11)16)9-10-6-7-13(17)14(18)8-10/h2-8,15,19H,9H2,1H3. The molecule has 0 amide bonds. The van der Waals surface area contributed by atoms with Crippen molar-refractivity contribution in [1.82, 2.24) is 5.32 Å². The van der Waals surface area contributed by atoms with E-state index in [1.807, 2.05) is 37.4 Å². The van der Waals surface area contributed by atoms with Crippen molar-refractivity contribution in [3.05, 3.63) is 69.5 Å². The van der Waals surface area contributed by atoms with Crippen LogP contribution in [0.3, 0.4) is 0 Å². The molecule has 0 heterocycles. The van der Waals surface area contributed by atoms with Gasteiger partial charge >= 0.3 is 0 Å². The van der Waals surface area contributed by atoms with Gasteiger partial charge in [-0.2, -0.15) is 0 Å². The van der Waals surface area contributed by atoms with E-state index in [0.717, 1.165) is 11.1 Å². The molecule has 19 heavy (non-hydrogen) atoms. The highest BCUT2D eigenvalue weighted by molar-refractivity contribution is 6.31. The number of hydrogen-bond acceptors (Lipinski definition) is 1. The van der Waals surface area contributed by atoms with E-state index in [0.29, 0.717) is 11.4 Å².